The second-order valence-electron chi connectivity index (χ2n) is 10.6. The van der Waals surface area contributed by atoms with Crippen molar-refractivity contribution in [2.75, 3.05) is 19.7 Å². The maximum Gasteiger partial charge on any atom is 0.322 e. The molecule has 1 saturated heterocycles. The molecule has 2 heterocycles. The predicted octanol–water partition coefficient (Wildman–Crippen LogP) is 5.28. The van der Waals surface area contributed by atoms with Crippen LogP contribution in [0.1, 0.15) is 63.9 Å². The minimum Gasteiger partial charge on any atom is -0.494 e. The minimum atomic E-state index is -1.11. The van der Waals surface area contributed by atoms with Crippen LogP contribution in [-0.4, -0.2) is 63.5 Å². The highest BCUT2D eigenvalue weighted by atomic mass is 16.5. The molecular weight excluding hydrogens is 532 g/mol. The third-order valence-corrected chi connectivity index (χ3v) is 7.49. The average molecular weight is 573 g/mol. The Bertz CT molecular complexity index is 1310. The molecule has 1 fully saturated rings. The number of carbonyl (C=O) groups excluding carboxylic acids is 2. The lowest BCUT2D eigenvalue weighted by atomic mass is 10.1. The SMILES string of the molecule is CCCCCCCOc1ccc(-c2cnc(-c3ccc(CCC(=O)N4CCCC4C(=O)NCC(=O)O)cc3)nc2)cc1. The normalized spacial score (nSPS) is 14.5. The van der Waals surface area contributed by atoms with Gasteiger partial charge in [0.15, 0.2) is 5.82 Å². The summed E-state index contributed by atoms with van der Waals surface area (Å²) in [5.74, 6) is -0.129. The Labute approximate surface area is 247 Å². The van der Waals surface area contributed by atoms with E-state index in [1.165, 1.54) is 25.7 Å². The van der Waals surface area contributed by atoms with Crippen LogP contribution in [0.2, 0.25) is 0 Å². The highest BCUT2D eigenvalue weighted by Crippen LogP contribution is 2.24. The number of likely N-dealkylation sites (tertiary alicyclic amines) is 1. The van der Waals surface area contributed by atoms with Gasteiger partial charge in [0.05, 0.1) is 6.61 Å². The van der Waals surface area contributed by atoms with Gasteiger partial charge in [-0.15, -0.1) is 0 Å². The van der Waals surface area contributed by atoms with E-state index < -0.39 is 24.5 Å². The number of aromatic nitrogens is 2. The van der Waals surface area contributed by atoms with Crippen molar-refractivity contribution in [3.8, 4) is 28.3 Å². The Balaban J connectivity index is 1.25. The highest BCUT2D eigenvalue weighted by molar-refractivity contribution is 5.90. The molecule has 2 amide bonds. The van der Waals surface area contributed by atoms with Gasteiger partial charge in [0.2, 0.25) is 11.8 Å². The standard InChI is InChI=1S/C33H40N4O5/c1-2-3-4-5-6-20-42-28-16-14-25(15-17-28)27-21-34-32(35-22-27)26-12-9-24(10-13-26)11-18-30(38)37-19-7-8-29(37)33(41)36-23-31(39)40/h9-10,12-17,21-22,29H,2-8,11,18-20,23H2,1H3,(H,36,41)(H,39,40). The molecule has 2 aromatic carbocycles. The van der Waals surface area contributed by atoms with Crippen LogP contribution in [0.4, 0.5) is 0 Å². The van der Waals surface area contributed by atoms with Crippen LogP contribution < -0.4 is 10.1 Å². The summed E-state index contributed by atoms with van der Waals surface area (Å²) in [4.78, 5) is 46.6. The second-order valence-corrected chi connectivity index (χ2v) is 10.6. The van der Waals surface area contributed by atoms with Gasteiger partial charge in [0, 0.05) is 36.5 Å². The summed E-state index contributed by atoms with van der Waals surface area (Å²) >= 11 is 0. The molecule has 222 valence electrons. The van der Waals surface area contributed by atoms with Crippen LogP contribution >= 0.6 is 0 Å². The van der Waals surface area contributed by atoms with E-state index in [0.29, 0.717) is 25.2 Å². The molecule has 2 N–H and O–H groups in total. The lowest BCUT2D eigenvalue weighted by molar-refractivity contribution is -0.140. The number of ether oxygens (including phenoxy) is 1. The van der Waals surface area contributed by atoms with Gasteiger partial charge < -0.3 is 20.1 Å². The van der Waals surface area contributed by atoms with E-state index >= 15 is 0 Å². The first kappa shape index (κ1) is 30.7. The first-order valence-electron chi connectivity index (χ1n) is 14.9. The van der Waals surface area contributed by atoms with E-state index in [1.54, 1.807) is 4.90 Å². The van der Waals surface area contributed by atoms with Gasteiger partial charge in [0.1, 0.15) is 18.3 Å². The first-order valence-corrected chi connectivity index (χ1v) is 14.9. The van der Waals surface area contributed by atoms with Crippen LogP contribution in [0, 0.1) is 0 Å². The largest absolute Gasteiger partial charge is 0.494 e. The summed E-state index contributed by atoms with van der Waals surface area (Å²) in [5, 5.41) is 11.2. The Kier molecular flexibility index (Phi) is 11.4. The maximum atomic E-state index is 12.8. The third-order valence-electron chi connectivity index (χ3n) is 7.49. The average Bonchev–Trinajstić information content (AvgIpc) is 3.52. The third kappa shape index (κ3) is 8.86. The van der Waals surface area contributed by atoms with Crippen LogP contribution in [0.25, 0.3) is 22.5 Å². The van der Waals surface area contributed by atoms with Crippen molar-refractivity contribution >= 4 is 17.8 Å². The molecule has 0 bridgehead atoms. The fraction of sp³-hybridized carbons (Fsp3) is 0.424. The van der Waals surface area contributed by atoms with Crippen LogP contribution in [0.3, 0.4) is 0 Å². The number of aryl methyl sites for hydroxylation is 1. The zero-order valence-electron chi connectivity index (χ0n) is 24.3. The van der Waals surface area contributed by atoms with E-state index in [0.717, 1.165) is 47.5 Å². The summed E-state index contributed by atoms with van der Waals surface area (Å²) < 4.78 is 5.86. The fourth-order valence-corrected chi connectivity index (χ4v) is 5.10. The Hall–Kier alpha value is -4.27. The van der Waals surface area contributed by atoms with Crippen LogP contribution in [-0.2, 0) is 20.8 Å². The lowest BCUT2D eigenvalue weighted by Gasteiger charge is -2.23. The molecule has 9 nitrogen and oxygen atoms in total. The topological polar surface area (TPSA) is 122 Å². The summed E-state index contributed by atoms with van der Waals surface area (Å²) in [7, 11) is 0. The van der Waals surface area contributed by atoms with E-state index in [9.17, 15) is 14.4 Å². The molecule has 1 aromatic heterocycles. The van der Waals surface area contributed by atoms with Crippen LogP contribution in [0.5, 0.6) is 5.75 Å². The Morgan fingerprint density at radius 1 is 0.929 bits per heavy atom. The van der Waals surface area contributed by atoms with Crippen LogP contribution in [0.15, 0.2) is 60.9 Å². The molecule has 0 saturated carbocycles. The first-order chi connectivity index (χ1) is 20.4. The number of carbonyl (C=O) groups is 3. The molecular formula is C33H40N4O5. The smallest absolute Gasteiger partial charge is 0.322 e. The number of hydrogen-bond donors (Lipinski definition) is 2. The number of carboxylic acids is 1. The van der Waals surface area contributed by atoms with Gasteiger partial charge in [0.25, 0.3) is 0 Å². The molecule has 1 aliphatic rings. The number of nitrogens with one attached hydrogen (secondary N) is 1. The van der Waals surface area contributed by atoms with Gasteiger partial charge in [-0.3, -0.25) is 14.4 Å². The monoisotopic (exact) mass is 572 g/mol. The maximum absolute atomic E-state index is 12.8. The number of hydrogen-bond acceptors (Lipinski definition) is 6. The number of amides is 2. The predicted molar refractivity (Wildman–Crippen MR) is 161 cm³/mol. The minimum absolute atomic E-state index is 0.104. The van der Waals surface area contributed by atoms with Crippen molar-refractivity contribution in [2.24, 2.45) is 0 Å². The molecule has 4 rings (SSSR count). The molecule has 0 aliphatic carbocycles. The zero-order chi connectivity index (χ0) is 29.7. The number of rotatable bonds is 15. The number of benzene rings is 2. The van der Waals surface area contributed by atoms with E-state index in [2.05, 4.69) is 22.2 Å². The molecule has 0 spiro atoms. The van der Waals surface area contributed by atoms with Crippen molar-refractivity contribution in [3.63, 3.8) is 0 Å². The highest BCUT2D eigenvalue weighted by Gasteiger charge is 2.33. The van der Waals surface area contributed by atoms with Gasteiger partial charge >= 0.3 is 5.97 Å². The lowest BCUT2D eigenvalue weighted by Crippen LogP contribution is -2.47. The quantitative estimate of drug-likeness (QED) is 0.238. The van der Waals surface area contributed by atoms with Crippen molar-refractivity contribution in [1.82, 2.24) is 20.2 Å². The molecule has 0 radical (unpaired) electrons. The number of nitrogens with zero attached hydrogens (tertiary/aromatic N) is 3. The van der Waals surface area contributed by atoms with E-state index in [1.807, 2.05) is 60.9 Å². The molecule has 1 aliphatic heterocycles. The summed E-state index contributed by atoms with van der Waals surface area (Å²) in [6, 6.07) is 15.2. The molecule has 1 atom stereocenters. The number of unbranched alkanes of at least 4 members (excludes halogenated alkanes) is 4. The second kappa shape index (κ2) is 15.7. The van der Waals surface area contributed by atoms with E-state index in [4.69, 9.17) is 9.84 Å². The molecule has 1 unspecified atom stereocenters. The Morgan fingerprint density at radius 2 is 1.62 bits per heavy atom. The fourth-order valence-electron chi connectivity index (χ4n) is 5.10. The summed E-state index contributed by atoms with van der Waals surface area (Å²) in [6.07, 6.45) is 11.8. The van der Waals surface area contributed by atoms with E-state index in [-0.39, 0.29) is 12.3 Å². The molecule has 42 heavy (non-hydrogen) atoms. The summed E-state index contributed by atoms with van der Waals surface area (Å²) in [5.41, 5.74) is 3.83. The van der Waals surface area contributed by atoms with Gasteiger partial charge in [-0.05, 0) is 48.9 Å². The van der Waals surface area contributed by atoms with Gasteiger partial charge in [-0.2, -0.15) is 0 Å². The van der Waals surface area contributed by atoms with Gasteiger partial charge in [-0.1, -0.05) is 69.0 Å². The molecule has 3 aromatic rings. The van der Waals surface area contributed by atoms with Crippen molar-refractivity contribution in [3.05, 3.63) is 66.5 Å². The zero-order valence-corrected chi connectivity index (χ0v) is 24.3. The number of aliphatic carboxylic acids is 1. The number of carboxylic acid groups (broad SMARTS) is 1. The van der Waals surface area contributed by atoms with Crippen molar-refractivity contribution in [2.45, 2.75) is 70.8 Å². The Morgan fingerprint density at radius 3 is 2.31 bits per heavy atom. The summed E-state index contributed by atoms with van der Waals surface area (Å²) in [6.45, 7) is 3.02. The van der Waals surface area contributed by atoms with Gasteiger partial charge in [-0.25, -0.2) is 9.97 Å². The van der Waals surface area contributed by atoms with Crippen molar-refractivity contribution < 1.29 is 24.2 Å². The van der Waals surface area contributed by atoms with Crippen molar-refractivity contribution in [1.29, 1.82) is 0 Å². The molecule has 9 heteroatoms.